The van der Waals surface area contributed by atoms with Crippen LogP contribution in [0.3, 0.4) is 0 Å². The molecule has 0 radical (unpaired) electrons. The fourth-order valence-electron chi connectivity index (χ4n) is 0.502. The summed E-state index contributed by atoms with van der Waals surface area (Å²) in [6, 6.07) is 3.51. The maximum Gasteiger partial charge on any atom is 0.151 e. The monoisotopic (exact) mass is 378 g/mol. The maximum absolute atomic E-state index is 12.9. The molecule has 1 rings (SSSR count). The quantitative estimate of drug-likeness (QED) is 0.364. The summed E-state index contributed by atoms with van der Waals surface area (Å²) in [5.74, 6) is -0.213. The Bertz CT molecular complexity index is 235. The van der Waals surface area contributed by atoms with E-state index in [-0.39, 0.29) is 5.82 Å². The average Bonchev–Trinajstić information content (AvgIpc) is 1.93. The Hall–Kier alpha value is 0.840. The van der Waals surface area contributed by atoms with Gasteiger partial charge in [-0.1, -0.05) is 0 Å². The van der Waals surface area contributed by atoms with E-state index >= 15 is 0 Å². The summed E-state index contributed by atoms with van der Waals surface area (Å²) in [5, 5.41) is 0. The molecule has 0 heterocycles. The Balaban J connectivity index is 3.34. The number of rotatable bonds is 0. The van der Waals surface area contributed by atoms with Crippen LogP contribution in [-0.2, 0) is 0 Å². The van der Waals surface area contributed by atoms with Crippen LogP contribution in [0.4, 0.5) is 4.39 Å². The second-order valence-corrected chi connectivity index (χ2v) is 4.47. The topological polar surface area (TPSA) is 0 Å². The summed E-state index contributed by atoms with van der Waals surface area (Å²) in [7, 11) is 0. The van der Waals surface area contributed by atoms with E-state index in [0.717, 1.165) is 4.47 Å². The molecule has 54 valence electrons. The number of hydrogen-bond acceptors (Lipinski definition) is 0. The zero-order valence-corrected chi connectivity index (χ0v) is 10.00. The van der Waals surface area contributed by atoms with Crippen molar-refractivity contribution in [1.29, 1.82) is 0 Å². The third kappa shape index (κ3) is 1.71. The highest BCUT2D eigenvalue weighted by molar-refractivity contribution is 14.1. The van der Waals surface area contributed by atoms with Gasteiger partial charge in [0.1, 0.15) is 0 Å². The van der Waals surface area contributed by atoms with E-state index in [1.165, 1.54) is 0 Å². The molecule has 1 aromatic carbocycles. The van der Waals surface area contributed by atoms with Gasteiger partial charge in [0.25, 0.3) is 0 Å². The Labute approximate surface area is 88.6 Å². The van der Waals surface area contributed by atoms with Crippen molar-refractivity contribution < 1.29 is 4.39 Å². The highest BCUT2D eigenvalue weighted by Crippen LogP contribution is 2.28. The van der Waals surface area contributed by atoms with Crippen LogP contribution in [0.25, 0.3) is 0 Å². The smallest absolute Gasteiger partial charge is 0.151 e. The molecular weight excluding hydrogens is 378 g/mol. The van der Waals surface area contributed by atoms with Gasteiger partial charge in [-0.25, -0.2) is 4.39 Å². The molecule has 0 N–H and O–H groups in total. The van der Waals surface area contributed by atoms with E-state index in [0.29, 0.717) is 8.04 Å². The van der Waals surface area contributed by atoms with Gasteiger partial charge in [0.2, 0.25) is 0 Å². The summed E-state index contributed by atoms with van der Waals surface area (Å²) in [6.07, 6.45) is 0. The van der Waals surface area contributed by atoms with Crippen LogP contribution in [0, 0.1) is 9.39 Å². The van der Waals surface area contributed by atoms with Crippen LogP contribution >= 0.6 is 54.5 Å². The molecule has 0 aliphatic carbocycles. The summed E-state index contributed by atoms with van der Waals surface area (Å²) >= 11 is 8.23. The van der Waals surface area contributed by atoms with Crippen molar-refractivity contribution in [3.05, 3.63) is 30.5 Å². The van der Waals surface area contributed by atoms with Crippen molar-refractivity contribution in [2.24, 2.45) is 0 Å². The van der Waals surface area contributed by atoms with Gasteiger partial charge < -0.3 is 0 Å². The van der Waals surface area contributed by atoms with Crippen LogP contribution in [-0.4, -0.2) is 0 Å². The molecule has 0 bridgehead atoms. The lowest BCUT2D eigenvalue weighted by atomic mass is 10.4. The van der Waals surface area contributed by atoms with Crippen molar-refractivity contribution in [3.8, 4) is 0 Å². The largest absolute Gasteiger partial charge is 0.205 e. The molecule has 0 atom stereocenters. The van der Waals surface area contributed by atoms with E-state index in [1.807, 2.05) is 22.6 Å². The first-order valence-electron chi connectivity index (χ1n) is 2.42. The fourth-order valence-corrected chi connectivity index (χ4v) is 1.97. The molecular formula is C6H2Br2FI. The molecule has 0 spiro atoms. The molecule has 0 nitrogen and oxygen atoms in total. The van der Waals surface area contributed by atoms with Gasteiger partial charge in [0.15, 0.2) is 5.82 Å². The second kappa shape index (κ2) is 3.49. The molecule has 0 aliphatic heterocycles. The molecule has 0 amide bonds. The van der Waals surface area contributed by atoms with E-state index in [9.17, 15) is 4.39 Å². The van der Waals surface area contributed by atoms with Crippen molar-refractivity contribution in [1.82, 2.24) is 0 Å². The molecule has 0 fully saturated rings. The summed E-state index contributed by atoms with van der Waals surface area (Å²) in [5.41, 5.74) is 0. The lowest BCUT2D eigenvalue weighted by Gasteiger charge is -1.98. The van der Waals surface area contributed by atoms with Gasteiger partial charge in [-0.2, -0.15) is 0 Å². The predicted octanol–water partition coefficient (Wildman–Crippen LogP) is 3.96. The van der Waals surface area contributed by atoms with Crippen molar-refractivity contribution in [3.63, 3.8) is 0 Å². The lowest BCUT2D eigenvalue weighted by Crippen LogP contribution is -1.83. The Morgan fingerprint density at radius 1 is 1.30 bits per heavy atom. The first-order chi connectivity index (χ1) is 4.63. The zero-order valence-electron chi connectivity index (χ0n) is 4.67. The van der Waals surface area contributed by atoms with E-state index < -0.39 is 0 Å². The molecule has 0 saturated heterocycles. The number of benzene rings is 1. The molecule has 0 unspecified atom stereocenters. The van der Waals surface area contributed by atoms with E-state index in [1.54, 1.807) is 12.1 Å². The van der Waals surface area contributed by atoms with Crippen LogP contribution in [0.1, 0.15) is 0 Å². The zero-order chi connectivity index (χ0) is 7.72. The minimum absolute atomic E-state index is 0.213. The van der Waals surface area contributed by atoms with Gasteiger partial charge >= 0.3 is 0 Å². The Kier molecular flexibility index (Phi) is 3.12. The van der Waals surface area contributed by atoms with E-state index in [2.05, 4.69) is 31.9 Å². The third-order valence-corrected chi connectivity index (χ3v) is 3.79. The molecule has 1 aromatic rings. The van der Waals surface area contributed by atoms with Crippen LogP contribution in [0.2, 0.25) is 0 Å². The lowest BCUT2D eigenvalue weighted by molar-refractivity contribution is 0.612. The molecule has 0 saturated carbocycles. The minimum Gasteiger partial charge on any atom is -0.205 e. The van der Waals surface area contributed by atoms with Crippen LogP contribution in [0.5, 0.6) is 0 Å². The van der Waals surface area contributed by atoms with Crippen LogP contribution < -0.4 is 0 Å². The molecule has 4 heteroatoms. The van der Waals surface area contributed by atoms with Gasteiger partial charge in [-0.05, 0) is 66.6 Å². The van der Waals surface area contributed by atoms with E-state index in [4.69, 9.17) is 0 Å². The molecule has 0 aliphatic rings. The van der Waals surface area contributed by atoms with Crippen molar-refractivity contribution in [2.75, 3.05) is 0 Å². The SMILES string of the molecule is Fc1c(I)ccc(Br)c1Br. The number of hydrogen-bond donors (Lipinski definition) is 0. The van der Waals surface area contributed by atoms with Crippen molar-refractivity contribution in [2.45, 2.75) is 0 Å². The molecule has 10 heavy (non-hydrogen) atoms. The second-order valence-electron chi connectivity index (χ2n) is 1.66. The average molecular weight is 380 g/mol. The fraction of sp³-hybridized carbons (Fsp3) is 0. The third-order valence-electron chi connectivity index (χ3n) is 0.988. The van der Waals surface area contributed by atoms with Crippen LogP contribution in [0.15, 0.2) is 21.1 Å². The summed E-state index contributed by atoms with van der Waals surface area (Å²) in [4.78, 5) is 0. The summed E-state index contributed by atoms with van der Waals surface area (Å²) in [6.45, 7) is 0. The first kappa shape index (κ1) is 8.93. The van der Waals surface area contributed by atoms with Gasteiger partial charge in [0.05, 0.1) is 8.04 Å². The molecule has 0 aromatic heterocycles. The standard InChI is InChI=1S/C6H2Br2FI/c7-3-1-2-4(10)6(9)5(3)8/h1-2H. The van der Waals surface area contributed by atoms with Gasteiger partial charge in [0, 0.05) is 4.47 Å². The highest BCUT2D eigenvalue weighted by atomic mass is 127. The Morgan fingerprint density at radius 2 is 1.90 bits per heavy atom. The predicted molar refractivity (Wildman–Crippen MR) is 54.5 cm³/mol. The summed E-state index contributed by atoms with van der Waals surface area (Å²) < 4.78 is 14.8. The van der Waals surface area contributed by atoms with Crippen molar-refractivity contribution >= 4 is 54.5 Å². The Morgan fingerprint density at radius 3 is 2.40 bits per heavy atom. The highest BCUT2D eigenvalue weighted by Gasteiger charge is 2.05. The maximum atomic E-state index is 12.9. The first-order valence-corrected chi connectivity index (χ1v) is 5.08. The van der Waals surface area contributed by atoms with Gasteiger partial charge in [-0.15, -0.1) is 0 Å². The van der Waals surface area contributed by atoms with Gasteiger partial charge in [-0.3, -0.25) is 0 Å². The normalized spacial score (nSPS) is 10.0. The number of halogens is 4. The minimum atomic E-state index is -0.213.